The molecule has 7 heteroatoms. The number of benzene rings is 2. The Balaban J connectivity index is 1.72. The summed E-state index contributed by atoms with van der Waals surface area (Å²) in [7, 11) is 0. The van der Waals surface area contributed by atoms with Crippen molar-refractivity contribution >= 4 is 34.3 Å². The summed E-state index contributed by atoms with van der Waals surface area (Å²) in [5, 5.41) is 10.9. The van der Waals surface area contributed by atoms with Gasteiger partial charge in [0.15, 0.2) is 5.16 Å². The molecule has 0 saturated heterocycles. The highest BCUT2D eigenvalue weighted by molar-refractivity contribution is 7.98. The van der Waals surface area contributed by atoms with Crippen LogP contribution in [-0.2, 0) is 12.2 Å². The van der Waals surface area contributed by atoms with Gasteiger partial charge in [0.05, 0.1) is 5.69 Å². The molecule has 0 aliphatic carbocycles. The molecule has 2 heterocycles. The third kappa shape index (κ3) is 3.82. The molecule has 4 rings (SSSR count). The molecule has 0 radical (unpaired) electrons. The van der Waals surface area contributed by atoms with Crippen LogP contribution in [0, 0.1) is 13.8 Å². The van der Waals surface area contributed by atoms with Crippen LogP contribution in [-0.4, -0.2) is 14.8 Å². The first-order valence-corrected chi connectivity index (χ1v) is 10.7. The van der Waals surface area contributed by atoms with Crippen molar-refractivity contribution in [3.8, 4) is 5.69 Å². The Morgan fingerprint density at radius 2 is 1.90 bits per heavy atom. The second kappa shape index (κ2) is 8.05. The Labute approximate surface area is 177 Å². The third-order valence-corrected chi connectivity index (χ3v) is 6.22. The van der Waals surface area contributed by atoms with E-state index in [1.54, 1.807) is 0 Å². The first-order valence-electron chi connectivity index (χ1n) is 9.34. The van der Waals surface area contributed by atoms with E-state index in [0.717, 1.165) is 45.2 Å². The molecule has 148 valence electrons. The topological polar surface area (TPSA) is 60.9 Å². The fourth-order valence-corrected chi connectivity index (χ4v) is 4.63. The number of nitrogens with zero attached hydrogens (tertiary/aromatic N) is 3. The largest absolute Gasteiger partial charge is 0.423 e. The van der Waals surface area contributed by atoms with Crippen LogP contribution in [0.1, 0.15) is 29.4 Å². The number of rotatable bonds is 5. The monoisotopic (exact) mass is 425 g/mol. The lowest BCUT2D eigenvalue weighted by molar-refractivity contribution is 0.559. The molecule has 0 aliphatic heterocycles. The van der Waals surface area contributed by atoms with Crippen LogP contribution in [0.5, 0.6) is 0 Å². The summed E-state index contributed by atoms with van der Waals surface area (Å²) in [6, 6.07) is 13.4. The van der Waals surface area contributed by atoms with Gasteiger partial charge in [0.25, 0.3) is 0 Å². The molecule has 0 bridgehead atoms. The summed E-state index contributed by atoms with van der Waals surface area (Å²) in [6.45, 7) is 6.01. The van der Waals surface area contributed by atoms with Crippen molar-refractivity contribution in [2.45, 2.75) is 38.1 Å². The Kier molecular flexibility index (Phi) is 5.48. The van der Waals surface area contributed by atoms with Crippen LogP contribution < -0.4 is 5.63 Å². The maximum Gasteiger partial charge on any atom is 0.336 e. The third-order valence-electron chi connectivity index (χ3n) is 4.89. The lowest BCUT2D eigenvalue weighted by atomic mass is 10.1. The van der Waals surface area contributed by atoms with E-state index in [1.165, 1.54) is 17.8 Å². The minimum absolute atomic E-state index is 0.367. The summed E-state index contributed by atoms with van der Waals surface area (Å²) < 4.78 is 7.45. The molecule has 0 spiro atoms. The Morgan fingerprint density at radius 3 is 2.66 bits per heavy atom. The Bertz CT molecular complexity index is 1260. The summed E-state index contributed by atoms with van der Waals surface area (Å²) in [5.74, 6) is 1.36. The van der Waals surface area contributed by atoms with Gasteiger partial charge in [0, 0.05) is 22.2 Å². The maximum atomic E-state index is 12.1. The number of aromatic nitrogens is 3. The molecule has 0 unspecified atom stereocenters. The van der Waals surface area contributed by atoms with Crippen LogP contribution in [0.3, 0.4) is 0 Å². The van der Waals surface area contributed by atoms with E-state index in [-0.39, 0.29) is 5.63 Å². The molecule has 0 saturated carbocycles. The Morgan fingerprint density at radius 1 is 1.10 bits per heavy atom. The molecule has 0 amide bonds. The Hall–Kier alpha value is -2.57. The normalized spacial score (nSPS) is 11.3. The van der Waals surface area contributed by atoms with E-state index >= 15 is 0 Å². The average molecular weight is 426 g/mol. The maximum absolute atomic E-state index is 12.1. The van der Waals surface area contributed by atoms with E-state index in [0.29, 0.717) is 16.4 Å². The van der Waals surface area contributed by atoms with Crippen molar-refractivity contribution in [1.82, 2.24) is 14.8 Å². The molecule has 5 nitrogen and oxygen atoms in total. The zero-order chi connectivity index (χ0) is 20.5. The average Bonchev–Trinajstić information content (AvgIpc) is 3.06. The first-order chi connectivity index (χ1) is 14.0. The molecule has 0 atom stereocenters. The molecule has 29 heavy (non-hydrogen) atoms. The minimum Gasteiger partial charge on any atom is -0.423 e. The lowest BCUT2D eigenvalue weighted by Crippen LogP contribution is -2.03. The van der Waals surface area contributed by atoms with Crippen molar-refractivity contribution in [1.29, 1.82) is 0 Å². The van der Waals surface area contributed by atoms with Crippen LogP contribution in [0.15, 0.2) is 56.8 Å². The number of hydrogen-bond donors (Lipinski definition) is 0. The van der Waals surface area contributed by atoms with Gasteiger partial charge < -0.3 is 4.42 Å². The molecule has 2 aromatic carbocycles. The molecular weight excluding hydrogens is 406 g/mol. The SMILES string of the molecule is CCc1cc2oc(=O)cc(CSc3nnc(C)n3-c3ccccc3C)c2cc1Cl. The summed E-state index contributed by atoms with van der Waals surface area (Å²) in [4.78, 5) is 12.1. The van der Waals surface area contributed by atoms with Gasteiger partial charge in [-0.1, -0.05) is 48.5 Å². The molecule has 0 N–H and O–H groups in total. The fraction of sp³-hybridized carbons (Fsp3) is 0.227. The highest BCUT2D eigenvalue weighted by Crippen LogP contribution is 2.31. The van der Waals surface area contributed by atoms with Crippen LogP contribution in [0.2, 0.25) is 5.02 Å². The van der Waals surface area contributed by atoms with E-state index in [4.69, 9.17) is 16.0 Å². The number of hydrogen-bond acceptors (Lipinski definition) is 5. The first kappa shape index (κ1) is 19.7. The van der Waals surface area contributed by atoms with Gasteiger partial charge in [-0.2, -0.15) is 0 Å². The van der Waals surface area contributed by atoms with E-state index in [2.05, 4.69) is 23.2 Å². The second-order valence-electron chi connectivity index (χ2n) is 6.82. The van der Waals surface area contributed by atoms with Gasteiger partial charge >= 0.3 is 5.63 Å². The van der Waals surface area contributed by atoms with Gasteiger partial charge in [-0.25, -0.2) is 4.79 Å². The number of para-hydroxylation sites is 1. The molecule has 2 aromatic heterocycles. The number of fused-ring (bicyclic) bond motifs is 1. The highest BCUT2D eigenvalue weighted by atomic mass is 35.5. The van der Waals surface area contributed by atoms with E-state index in [9.17, 15) is 4.79 Å². The number of halogens is 1. The quantitative estimate of drug-likeness (QED) is 0.312. The van der Waals surface area contributed by atoms with Crippen molar-refractivity contribution in [2.75, 3.05) is 0 Å². The standard InChI is InChI=1S/C22H20ClN3O2S/c1-4-15-9-20-17(11-18(15)23)16(10-21(27)28-20)12-29-22-25-24-14(3)26(22)19-8-6-5-7-13(19)2/h5-11H,4,12H2,1-3H3. The molecule has 0 aliphatic rings. The predicted octanol–water partition coefficient (Wildman–Crippen LogP) is 5.50. The zero-order valence-corrected chi connectivity index (χ0v) is 18.0. The predicted molar refractivity (Wildman–Crippen MR) is 117 cm³/mol. The minimum atomic E-state index is -0.367. The molecule has 0 fully saturated rings. The van der Waals surface area contributed by atoms with Gasteiger partial charge in [0.1, 0.15) is 11.4 Å². The number of aryl methyl sites for hydroxylation is 3. The van der Waals surface area contributed by atoms with Crippen molar-refractivity contribution < 1.29 is 4.42 Å². The van der Waals surface area contributed by atoms with Crippen molar-refractivity contribution in [3.63, 3.8) is 0 Å². The van der Waals surface area contributed by atoms with Gasteiger partial charge in [-0.3, -0.25) is 4.57 Å². The van der Waals surface area contributed by atoms with Gasteiger partial charge in [-0.05, 0) is 55.2 Å². The fourth-order valence-electron chi connectivity index (χ4n) is 3.35. The van der Waals surface area contributed by atoms with E-state index in [1.807, 2.05) is 48.7 Å². The number of thioether (sulfide) groups is 1. The van der Waals surface area contributed by atoms with Crippen LogP contribution in [0.4, 0.5) is 0 Å². The van der Waals surface area contributed by atoms with Gasteiger partial charge in [0.2, 0.25) is 0 Å². The lowest BCUT2D eigenvalue weighted by Gasteiger charge is -2.12. The van der Waals surface area contributed by atoms with Crippen molar-refractivity contribution in [3.05, 3.63) is 80.4 Å². The molecule has 4 aromatic rings. The van der Waals surface area contributed by atoms with Crippen LogP contribution >= 0.6 is 23.4 Å². The van der Waals surface area contributed by atoms with Crippen molar-refractivity contribution in [2.24, 2.45) is 0 Å². The van der Waals surface area contributed by atoms with Crippen LogP contribution in [0.25, 0.3) is 16.7 Å². The second-order valence-corrected chi connectivity index (χ2v) is 8.17. The highest BCUT2D eigenvalue weighted by Gasteiger charge is 2.15. The van der Waals surface area contributed by atoms with E-state index < -0.39 is 0 Å². The summed E-state index contributed by atoms with van der Waals surface area (Å²) in [5.41, 5.74) is 4.21. The molecular formula is C22H20ClN3O2S. The summed E-state index contributed by atoms with van der Waals surface area (Å²) in [6.07, 6.45) is 0.774. The summed E-state index contributed by atoms with van der Waals surface area (Å²) >= 11 is 7.93. The zero-order valence-electron chi connectivity index (χ0n) is 16.4. The van der Waals surface area contributed by atoms with Gasteiger partial charge in [-0.15, -0.1) is 10.2 Å². The smallest absolute Gasteiger partial charge is 0.336 e.